The maximum Gasteiger partial charge on any atom is 0.221 e. The van der Waals surface area contributed by atoms with E-state index in [1.165, 1.54) is 0 Å². The van der Waals surface area contributed by atoms with Crippen molar-refractivity contribution in [3.63, 3.8) is 0 Å². The van der Waals surface area contributed by atoms with E-state index in [2.05, 4.69) is 9.97 Å². The Morgan fingerprint density at radius 1 is 1.08 bits per heavy atom. The van der Waals surface area contributed by atoms with Gasteiger partial charge < -0.3 is 10.2 Å². The van der Waals surface area contributed by atoms with Crippen molar-refractivity contribution in [3.8, 4) is 11.8 Å². The van der Waals surface area contributed by atoms with E-state index in [1.807, 2.05) is 13.8 Å². The summed E-state index contributed by atoms with van der Waals surface area (Å²) in [5.74, 6) is 0.130. The Hall–Kier alpha value is -1.32. The van der Waals surface area contributed by atoms with Crippen LogP contribution in [-0.2, 0) is 0 Å². The lowest BCUT2D eigenvalue weighted by Crippen LogP contribution is -1.96. The molecule has 1 rings (SSSR count). The number of nitrogens with zero attached hydrogens (tertiary/aromatic N) is 2. The molecule has 0 atom stereocenters. The van der Waals surface area contributed by atoms with Gasteiger partial charge in [0.1, 0.15) is 5.82 Å². The fourth-order valence-electron chi connectivity index (χ4n) is 1.07. The zero-order valence-corrected chi connectivity index (χ0v) is 7.37. The van der Waals surface area contributed by atoms with Crippen molar-refractivity contribution in [1.82, 2.24) is 9.97 Å². The summed E-state index contributed by atoms with van der Waals surface area (Å²) in [6, 6.07) is 0. The number of rotatable bonds is 1. The highest BCUT2D eigenvalue weighted by Gasteiger charge is 2.14. The Bertz CT molecular complexity index is 274. The second-order valence-electron chi connectivity index (χ2n) is 2.99. The van der Waals surface area contributed by atoms with Crippen molar-refractivity contribution in [2.24, 2.45) is 0 Å². The van der Waals surface area contributed by atoms with Crippen molar-refractivity contribution >= 4 is 0 Å². The molecule has 1 aromatic rings. The van der Waals surface area contributed by atoms with Crippen LogP contribution in [0.5, 0.6) is 11.8 Å². The van der Waals surface area contributed by atoms with Crippen LogP contribution in [0.4, 0.5) is 0 Å². The van der Waals surface area contributed by atoms with Crippen LogP contribution in [0.25, 0.3) is 0 Å². The van der Waals surface area contributed by atoms with Gasteiger partial charge in [0, 0.05) is 0 Å². The molecule has 0 fully saturated rings. The molecule has 12 heavy (non-hydrogen) atoms. The summed E-state index contributed by atoms with van der Waals surface area (Å²) in [7, 11) is 0. The van der Waals surface area contributed by atoms with Crippen molar-refractivity contribution in [3.05, 3.63) is 11.4 Å². The van der Waals surface area contributed by atoms with Gasteiger partial charge in [-0.15, -0.1) is 0 Å². The van der Waals surface area contributed by atoms with Crippen molar-refractivity contribution in [2.75, 3.05) is 0 Å². The average molecular weight is 168 g/mol. The standard InChI is InChI=1S/C8H12N2O2/c1-4(2)6-7(11)9-5(3)10-8(6)12/h4H,1-3H3,(H2,9,10,11,12). The molecule has 0 aliphatic heterocycles. The van der Waals surface area contributed by atoms with Crippen LogP contribution in [0.15, 0.2) is 0 Å². The van der Waals surface area contributed by atoms with Gasteiger partial charge in [0.05, 0.1) is 5.56 Å². The molecular weight excluding hydrogens is 156 g/mol. The highest BCUT2D eigenvalue weighted by Crippen LogP contribution is 2.29. The Labute approximate surface area is 70.9 Å². The summed E-state index contributed by atoms with van der Waals surface area (Å²) >= 11 is 0. The van der Waals surface area contributed by atoms with Crippen molar-refractivity contribution in [1.29, 1.82) is 0 Å². The van der Waals surface area contributed by atoms with Crippen LogP contribution in [0.3, 0.4) is 0 Å². The maximum absolute atomic E-state index is 9.33. The SMILES string of the molecule is Cc1nc(O)c(C(C)C)c(O)n1. The van der Waals surface area contributed by atoms with E-state index < -0.39 is 0 Å². The molecule has 4 heteroatoms. The van der Waals surface area contributed by atoms with Crippen LogP contribution < -0.4 is 0 Å². The summed E-state index contributed by atoms with van der Waals surface area (Å²) in [6.07, 6.45) is 0. The highest BCUT2D eigenvalue weighted by atomic mass is 16.3. The molecule has 2 N–H and O–H groups in total. The van der Waals surface area contributed by atoms with E-state index in [1.54, 1.807) is 6.92 Å². The van der Waals surface area contributed by atoms with Gasteiger partial charge in [0.25, 0.3) is 0 Å². The van der Waals surface area contributed by atoms with Crippen LogP contribution in [0.1, 0.15) is 31.2 Å². The number of aromatic hydroxyl groups is 2. The fourth-order valence-corrected chi connectivity index (χ4v) is 1.07. The first kappa shape index (κ1) is 8.77. The summed E-state index contributed by atoms with van der Waals surface area (Å²) in [4.78, 5) is 7.48. The predicted molar refractivity (Wildman–Crippen MR) is 44.2 cm³/mol. The minimum atomic E-state index is -0.130. The second kappa shape index (κ2) is 2.97. The summed E-state index contributed by atoms with van der Waals surface area (Å²) in [6.45, 7) is 5.32. The zero-order chi connectivity index (χ0) is 9.30. The van der Waals surface area contributed by atoms with Gasteiger partial charge in [-0.3, -0.25) is 0 Å². The van der Waals surface area contributed by atoms with Crippen molar-refractivity contribution in [2.45, 2.75) is 26.7 Å². The molecule has 1 aromatic heterocycles. The molecule has 0 radical (unpaired) electrons. The molecule has 1 heterocycles. The van der Waals surface area contributed by atoms with Gasteiger partial charge in [-0.2, -0.15) is 9.97 Å². The molecule has 0 aliphatic carbocycles. The van der Waals surface area contributed by atoms with Crippen LogP contribution >= 0.6 is 0 Å². The number of hydrogen-bond donors (Lipinski definition) is 2. The third kappa shape index (κ3) is 1.47. The second-order valence-corrected chi connectivity index (χ2v) is 2.99. The van der Waals surface area contributed by atoms with Gasteiger partial charge >= 0.3 is 0 Å². The fraction of sp³-hybridized carbons (Fsp3) is 0.500. The van der Waals surface area contributed by atoms with E-state index in [0.717, 1.165) is 0 Å². The third-order valence-electron chi connectivity index (χ3n) is 1.59. The summed E-state index contributed by atoms with van der Waals surface area (Å²) in [5.41, 5.74) is 0.403. The van der Waals surface area contributed by atoms with E-state index in [0.29, 0.717) is 11.4 Å². The molecule has 0 saturated carbocycles. The molecule has 0 spiro atoms. The lowest BCUT2D eigenvalue weighted by molar-refractivity contribution is 0.401. The van der Waals surface area contributed by atoms with Gasteiger partial charge in [-0.25, -0.2) is 0 Å². The quantitative estimate of drug-likeness (QED) is 0.663. The molecule has 66 valence electrons. The minimum absolute atomic E-state index is 0.0191. The average Bonchev–Trinajstić information content (AvgIpc) is 1.82. The molecule has 0 bridgehead atoms. The first-order valence-corrected chi connectivity index (χ1v) is 3.79. The van der Waals surface area contributed by atoms with Gasteiger partial charge in [0.15, 0.2) is 0 Å². The Morgan fingerprint density at radius 3 is 1.83 bits per heavy atom. The van der Waals surface area contributed by atoms with Gasteiger partial charge in [-0.05, 0) is 12.8 Å². The molecule has 0 aliphatic rings. The summed E-state index contributed by atoms with van der Waals surface area (Å²) in [5, 5.41) is 18.7. The Balaban J connectivity index is 3.28. The lowest BCUT2D eigenvalue weighted by Gasteiger charge is -2.08. The summed E-state index contributed by atoms with van der Waals surface area (Å²) < 4.78 is 0. The maximum atomic E-state index is 9.33. The monoisotopic (exact) mass is 168 g/mol. The number of aromatic nitrogens is 2. The molecule has 0 amide bonds. The number of hydrogen-bond acceptors (Lipinski definition) is 4. The topological polar surface area (TPSA) is 66.2 Å². The first-order valence-electron chi connectivity index (χ1n) is 3.79. The van der Waals surface area contributed by atoms with Gasteiger partial charge in [0.2, 0.25) is 11.8 Å². The first-order chi connectivity index (χ1) is 5.52. The molecular formula is C8H12N2O2. The zero-order valence-electron chi connectivity index (χ0n) is 7.37. The van der Waals surface area contributed by atoms with Crippen LogP contribution in [0.2, 0.25) is 0 Å². The van der Waals surface area contributed by atoms with E-state index >= 15 is 0 Å². The normalized spacial score (nSPS) is 10.7. The third-order valence-corrected chi connectivity index (χ3v) is 1.59. The smallest absolute Gasteiger partial charge is 0.221 e. The van der Waals surface area contributed by atoms with E-state index in [9.17, 15) is 10.2 Å². The lowest BCUT2D eigenvalue weighted by atomic mass is 10.1. The molecule has 4 nitrogen and oxygen atoms in total. The Kier molecular flexibility index (Phi) is 2.17. The van der Waals surface area contributed by atoms with Crippen LogP contribution in [0, 0.1) is 6.92 Å². The predicted octanol–water partition coefficient (Wildman–Crippen LogP) is 1.32. The molecule has 0 aromatic carbocycles. The van der Waals surface area contributed by atoms with E-state index in [-0.39, 0.29) is 17.7 Å². The Morgan fingerprint density at radius 2 is 1.50 bits per heavy atom. The van der Waals surface area contributed by atoms with Crippen LogP contribution in [-0.4, -0.2) is 20.2 Å². The van der Waals surface area contributed by atoms with E-state index in [4.69, 9.17) is 0 Å². The largest absolute Gasteiger partial charge is 0.493 e. The minimum Gasteiger partial charge on any atom is -0.493 e. The van der Waals surface area contributed by atoms with Crippen molar-refractivity contribution < 1.29 is 10.2 Å². The van der Waals surface area contributed by atoms with Gasteiger partial charge in [-0.1, -0.05) is 13.8 Å². The molecule has 0 saturated heterocycles. The molecule has 0 unspecified atom stereocenters. The number of aryl methyl sites for hydroxylation is 1. The highest BCUT2D eigenvalue weighted by molar-refractivity contribution is 5.36.